The first-order valence-corrected chi connectivity index (χ1v) is 6.80. The summed E-state index contributed by atoms with van der Waals surface area (Å²) in [6.07, 6.45) is 2.52. The van der Waals surface area contributed by atoms with Crippen LogP contribution in [0.25, 0.3) is 0 Å². The van der Waals surface area contributed by atoms with Crippen LogP contribution >= 0.6 is 0 Å². The highest BCUT2D eigenvalue weighted by Crippen LogP contribution is 2.26. The Bertz CT molecular complexity index is 456. The van der Waals surface area contributed by atoms with Gasteiger partial charge in [-0.1, -0.05) is 6.07 Å². The molecule has 1 N–H and O–H groups in total. The number of hydrogen-bond acceptors (Lipinski definition) is 4. The largest absolute Gasteiger partial charge is 0.376 e. The Labute approximate surface area is 113 Å². The van der Waals surface area contributed by atoms with Gasteiger partial charge in [0.1, 0.15) is 5.69 Å². The Morgan fingerprint density at radius 3 is 2.74 bits per heavy atom. The standard InChI is InChI=1S/C14H21N3O2/c1-11-5-6-13(14(9-11)17(18)19)15-12(2)10-16-7-3-4-8-16/h5-6,9,12,15H,3-4,7-8,10H2,1-2H3. The molecule has 2 rings (SSSR count). The van der Waals surface area contributed by atoms with E-state index in [1.165, 1.54) is 12.8 Å². The van der Waals surface area contributed by atoms with E-state index in [1.54, 1.807) is 12.1 Å². The fraction of sp³-hybridized carbons (Fsp3) is 0.571. The molecule has 1 aliphatic rings. The van der Waals surface area contributed by atoms with Crippen molar-refractivity contribution in [2.75, 3.05) is 25.0 Å². The van der Waals surface area contributed by atoms with E-state index in [2.05, 4.69) is 17.1 Å². The van der Waals surface area contributed by atoms with Crippen LogP contribution in [0.2, 0.25) is 0 Å². The predicted molar refractivity (Wildman–Crippen MR) is 76.6 cm³/mol. The topological polar surface area (TPSA) is 58.4 Å². The first-order valence-electron chi connectivity index (χ1n) is 6.80. The van der Waals surface area contributed by atoms with Gasteiger partial charge in [0.25, 0.3) is 5.69 Å². The number of rotatable bonds is 5. The van der Waals surface area contributed by atoms with Gasteiger partial charge in [-0.2, -0.15) is 0 Å². The quantitative estimate of drug-likeness (QED) is 0.655. The Kier molecular flexibility index (Phi) is 4.37. The Morgan fingerprint density at radius 2 is 2.11 bits per heavy atom. The predicted octanol–water partition coefficient (Wildman–Crippen LogP) is 2.80. The SMILES string of the molecule is Cc1ccc(NC(C)CN2CCCC2)c([N+](=O)[O-])c1. The number of nitrogens with one attached hydrogen (secondary N) is 1. The third kappa shape index (κ3) is 3.67. The summed E-state index contributed by atoms with van der Waals surface area (Å²) in [7, 11) is 0. The van der Waals surface area contributed by atoms with Crippen LogP contribution in [0.3, 0.4) is 0 Å². The van der Waals surface area contributed by atoms with Crippen LogP contribution < -0.4 is 5.32 Å². The highest BCUT2D eigenvalue weighted by Gasteiger charge is 2.18. The van der Waals surface area contributed by atoms with E-state index in [0.717, 1.165) is 25.2 Å². The zero-order chi connectivity index (χ0) is 13.8. The summed E-state index contributed by atoms with van der Waals surface area (Å²) >= 11 is 0. The molecule has 1 saturated heterocycles. The lowest BCUT2D eigenvalue weighted by Gasteiger charge is -2.22. The average Bonchev–Trinajstić information content (AvgIpc) is 2.83. The Hall–Kier alpha value is -1.62. The van der Waals surface area contributed by atoms with E-state index in [-0.39, 0.29) is 16.7 Å². The second kappa shape index (κ2) is 6.02. The monoisotopic (exact) mass is 263 g/mol. The minimum atomic E-state index is -0.322. The molecule has 0 spiro atoms. The molecule has 1 heterocycles. The molecule has 104 valence electrons. The van der Waals surface area contributed by atoms with Crippen molar-refractivity contribution in [2.45, 2.75) is 32.7 Å². The van der Waals surface area contributed by atoms with Gasteiger partial charge < -0.3 is 10.2 Å². The average molecular weight is 263 g/mol. The summed E-state index contributed by atoms with van der Waals surface area (Å²) in [6.45, 7) is 7.15. The van der Waals surface area contributed by atoms with Crippen LogP contribution in [-0.2, 0) is 0 Å². The van der Waals surface area contributed by atoms with E-state index in [1.807, 2.05) is 13.0 Å². The van der Waals surface area contributed by atoms with E-state index < -0.39 is 0 Å². The van der Waals surface area contributed by atoms with Crippen molar-refractivity contribution >= 4 is 11.4 Å². The van der Waals surface area contributed by atoms with Crippen molar-refractivity contribution < 1.29 is 4.92 Å². The van der Waals surface area contributed by atoms with Crippen molar-refractivity contribution in [1.29, 1.82) is 0 Å². The zero-order valence-corrected chi connectivity index (χ0v) is 11.6. The summed E-state index contributed by atoms with van der Waals surface area (Å²) in [6, 6.07) is 5.52. The first kappa shape index (κ1) is 13.8. The lowest BCUT2D eigenvalue weighted by molar-refractivity contribution is -0.384. The van der Waals surface area contributed by atoms with Crippen molar-refractivity contribution in [3.63, 3.8) is 0 Å². The number of likely N-dealkylation sites (tertiary alicyclic amines) is 1. The highest BCUT2D eigenvalue weighted by molar-refractivity contribution is 5.62. The smallest absolute Gasteiger partial charge is 0.292 e. The van der Waals surface area contributed by atoms with Gasteiger partial charge in [-0.3, -0.25) is 10.1 Å². The van der Waals surface area contributed by atoms with Crippen LogP contribution in [0, 0.1) is 17.0 Å². The van der Waals surface area contributed by atoms with Gasteiger partial charge in [0, 0.05) is 18.7 Å². The second-order valence-corrected chi connectivity index (χ2v) is 5.33. The van der Waals surface area contributed by atoms with E-state index in [4.69, 9.17) is 0 Å². The lowest BCUT2D eigenvalue weighted by Crippen LogP contribution is -2.33. The molecule has 0 saturated carbocycles. The number of anilines is 1. The Balaban J connectivity index is 2.03. The van der Waals surface area contributed by atoms with Crippen LogP contribution in [0.15, 0.2) is 18.2 Å². The van der Waals surface area contributed by atoms with Crippen molar-refractivity contribution in [3.05, 3.63) is 33.9 Å². The molecule has 5 nitrogen and oxygen atoms in total. The molecule has 0 bridgehead atoms. The molecule has 1 unspecified atom stereocenters. The molecule has 1 aliphatic heterocycles. The summed E-state index contributed by atoms with van der Waals surface area (Å²) in [5.74, 6) is 0. The summed E-state index contributed by atoms with van der Waals surface area (Å²) in [5.41, 5.74) is 1.68. The number of nitro benzene ring substituents is 1. The molecule has 1 aromatic carbocycles. The fourth-order valence-electron chi connectivity index (χ4n) is 2.58. The van der Waals surface area contributed by atoms with Crippen LogP contribution in [0.5, 0.6) is 0 Å². The van der Waals surface area contributed by atoms with Gasteiger partial charge in [-0.05, 0) is 51.4 Å². The molecule has 19 heavy (non-hydrogen) atoms. The lowest BCUT2D eigenvalue weighted by atomic mass is 10.1. The molecule has 1 atom stereocenters. The van der Waals surface area contributed by atoms with Gasteiger partial charge in [0.15, 0.2) is 0 Å². The maximum Gasteiger partial charge on any atom is 0.292 e. The molecule has 0 radical (unpaired) electrons. The molecule has 1 aromatic rings. The maximum atomic E-state index is 11.1. The second-order valence-electron chi connectivity index (χ2n) is 5.33. The highest BCUT2D eigenvalue weighted by atomic mass is 16.6. The fourth-order valence-corrected chi connectivity index (χ4v) is 2.58. The first-order chi connectivity index (χ1) is 9.06. The zero-order valence-electron chi connectivity index (χ0n) is 11.6. The summed E-state index contributed by atoms with van der Waals surface area (Å²) in [4.78, 5) is 13.1. The van der Waals surface area contributed by atoms with E-state index in [0.29, 0.717) is 5.69 Å². The number of hydrogen-bond donors (Lipinski definition) is 1. The molecule has 0 amide bonds. The van der Waals surface area contributed by atoms with Gasteiger partial charge >= 0.3 is 0 Å². The third-order valence-electron chi connectivity index (χ3n) is 3.48. The third-order valence-corrected chi connectivity index (χ3v) is 3.48. The Morgan fingerprint density at radius 1 is 1.42 bits per heavy atom. The van der Waals surface area contributed by atoms with Crippen LogP contribution in [-0.4, -0.2) is 35.5 Å². The van der Waals surface area contributed by atoms with Gasteiger partial charge in [0.05, 0.1) is 4.92 Å². The number of aryl methyl sites for hydroxylation is 1. The van der Waals surface area contributed by atoms with E-state index >= 15 is 0 Å². The minimum absolute atomic E-state index is 0.160. The summed E-state index contributed by atoms with van der Waals surface area (Å²) in [5, 5.41) is 14.3. The summed E-state index contributed by atoms with van der Waals surface area (Å²) < 4.78 is 0. The molecule has 0 aliphatic carbocycles. The molecular weight excluding hydrogens is 242 g/mol. The molecule has 0 aromatic heterocycles. The number of nitro groups is 1. The minimum Gasteiger partial charge on any atom is -0.376 e. The molecule has 1 fully saturated rings. The van der Waals surface area contributed by atoms with Gasteiger partial charge in [-0.25, -0.2) is 0 Å². The van der Waals surface area contributed by atoms with Crippen molar-refractivity contribution in [1.82, 2.24) is 4.90 Å². The normalized spacial score (nSPS) is 17.4. The molecular formula is C14H21N3O2. The van der Waals surface area contributed by atoms with Crippen LogP contribution in [0.1, 0.15) is 25.3 Å². The van der Waals surface area contributed by atoms with Gasteiger partial charge in [-0.15, -0.1) is 0 Å². The number of nitrogens with zero attached hydrogens (tertiary/aromatic N) is 2. The van der Waals surface area contributed by atoms with Crippen LogP contribution in [0.4, 0.5) is 11.4 Å². The van der Waals surface area contributed by atoms with E-state index in [9.17, 15) is 10.1 Å². The number of benzene rings is 1. The van der Waals surface area contributed by atoms with Crippen molar-refractivity contribution in [3.8, 4) is 0 Å². The maximum absolute atomic E-state index is 11.1. The van der Waals surface area contributed by atoms with Crippen molar-refractivity contribution in [2.24, 2.45) is 0 Å². The van der Waals surface area contributed by atoms with Gasteiger partial charge in [0.2, 0.25) is 0 Å². The molecule has 5 heteroatoms.